The Hall–Kier alpha value is -0.260. The van der Waals surface area contributed by atoms with Crippen LogP contribution in [-0.2, 0) is 0 Å². The summed E-state index contributed by atoms with van der Waals surface area (Å²) in [5, 5.41) is 0. The first-order valence-electron chi connectivity index (χ1n) is 4.28. The highest BCUT2D eigenvalue weighted by molar-refractivity contribution is 4.83. The summed E-state index contributed by atoms with van der Waals surface area (Å²) in [5.74, 6) is 1.62. The molecule has 0 radical (unpaired) electrons. The van der Waals surface area contributed by atoms with Gasteiger partial charge in [-0.3, -0.25) is 0 Å². The second-order valence-electron chi connectivity index (χ2n) is 3.73. The molecular formula is C10H20. The molecule has 0 saturated heterocycles. The number of hydrogen-bond acceptors (Lipinski definition) is 0. The highest BCUT2D eigenvalue weighted by Crippen LogP contribution is 2.04. The van der Waals surface area contributed by atoms with Crippen LogP contribution >= 0.6 is 0 Å². The SMILES string of the molecule is CC(C)C/C=C/CC(C)C. The van der Waals surface area contributed by atoms with Crippen LogP contribution < -0.4 is 0 Å². The monoisotopic (exact) mass is 140 g/mol. The molecule has 0 unspecified atom stereocenters. The van der Waals surface area contributed by atoms with Crippen molar-refractivity contribution in [1.29, 1.82) is 0 Å². The molecule has 10 heavy (non-hydrogen) atoms. The summed E-state index contributed by atoms with van der Waals surface area (Å²) in [7, 11) is 0. The van der Waals surface area contributed by atoms with Crippen LogP contribution in [0.4, 0.5) is 0 Å². The summed E-state index contributed by atoms with van der Waals surface area (Å²) in [5.41, 5.74) is 0. The molecular weight excluding hydrogens is 120 g/mol. The van der Waals surface area contributed by atoms with Crippen LogP contribution in [0.1, 0.15) is 40.5 Å². The van der Waals surface area contributed by atoms with Crippen LogP contribution in [-0.4, -0.2) is 0 Å². The normalized spacial score (nSPS) is 12.2. The van der Waals surface area contributed by atoms with Gasteiger partial charge in [0.05, 0.1) is 0 Å². The van der Waals surface area contributed by atoms with E-state index in [0.29, 0.717) is 0 Å². The van der Waals surface area contributed by atoms with Crippen molar-refractivity contribution >= 4 is 0 Å². The zero-order chi connectivity index (χ0) is 7.98. The van der Waals surface area contributed by atoms with Gasteiger partial charge >= 0.3 is 0 Å². The summed E-state index contributed by atoms with van der Waals surface area (Å²) in [6.07, 6.45) is 7.05. The van der Waals surface area contributed by atoms with E-state index in [1.807, 2.05) is 0 Å². The number of rotatable bonds is 4. The Bertz CT molecular complexity index is 76.2. The van der Waals surface area contributed by atoms with E-state index in [-0.39, 0.29) is 0 Å². The van der Waals surface area contributed by atoms with E-state index in [1.54, 1.807) is 0 Å². The summed E-state index contributed by atoms with van der Waals surface area (Å²) >= 11 is 0. The lowest BCUT2D eigenvalue weighted by Crippen LogP contribution is -1.84. The maximum atomic E-state index is 2.30. The Morgan fingerprint density at radius 1 is 0.800 bits per heavy atom. The van der Waals surface area contributed by atoms with E-state index >= 15 is 0 Å². The largest absolute Gasteiger partial charge is 0.0883 e. The molecule has 0 fully saturated rings. The fourth-order valence-corrected chi connectivity index (χ4v) is 0.737. The lowest BCUT2D eigenvalue weighted by Gasteiger charge is -1.98. The molecule has 0 atom stereocenters. The standard InChI is InChI=1S/C10H20/c1-9(2)7-5-6-8-10(3)4/h5-6,9-10H,7-8H2,1-4H3/b6-5+. The van der Waals surface area contributed by atoms with E-state index < -0.39 is 0 Å². The second kappa shape index (κ2) is 5.52. The molecule has 0 N–H and O–H groups in total. The molecule has 0 saturated carbocycles. The van der Waals surface area contributed by atoms with Gasteiger partial charge in [0.25, 0.3) is 0 Å². The maximum absolute atomic E-state index is 2.30. The quantitative estimate of drug-likeness (QED) is 0.523. The fourth-order valence-electron chi connectivity index (χ4n) is 0.737. The van der Waals surface area contributed by atoms with Gasteiger partial charge in [0.1, 0.15) is 0 Å². The molecule has 0 rings (SSSR count). The van der Waals surface area contributed by atoms with E-state index in [0.717, 1.165) is 11.8 Å². The van der Waals surface area contributed by atoms with Crippen LogP contribution in [0.5, 0.6) is 0 Å². The second-order valence-corrected chi connectivity index (χ2v) is 3.73. The van der Waals surface area contributed by atoms with Gasteiger partial charge in [0.2, 0.25) is 0 Å². The van der Waals surface area contributed by atoms with Crippen molar-refractivity contribution < 1.29 is 0 Å². The van der Waals surface area contributed by atoms with Gasteiger partial charge in [0, 0.05) is 0 Å². The van der Waals surface area contributed by atoms with Crippen LogP contribution in [0, 0.1) is 11.8 Å². The third-order valence-electron chi connectivity index (χ3n) is 1.38. The van der Waals surface area contributed by atoms with Crippen LogP contribution in [0.25, 0.3) is 0 Å². The summed E-state index contributed by atoms with van der Waals surface area (Å²) < 4.78 is 0. The van der Waals surface area contributed by atoms with E-state index in [2.05, 4.69) is 39.8 Å². The topological polar surface area (TPSA) is 0 Å². The number of allylic oxidation sites excluding steroid dienone is 2. The van der Waals surface area contributed by atoms with Gasteiger partial charge in [-0.15, -0.1) is 0 Å². The summed E-state index contributed by atoms with van der Waals surface area (Å²) in [6, 6.07) is 0. The highest BCUT2D eigenvalue weighted by atomic mass is 13.9. The molecule has 0 aromatic heterocycles. The molecule has 0 heteroatoms. The molecule has 60 valence electrons. The van der Waals surface area contributed by atoms with Gasteiger partial charge in [0.15, 0.2) is 0 Å². The molecule has 0 aromatic carbocycles. The Morgan fingerprint density at radius 2 is 1.10 bits per heavy atom. The van der Waals surface area contributed by atoms with Gasteiger partial charge in [-0.25, -0.2) is 0 Å². The summed E-state index contributed by atoms with van der Waals surface area (Å²) in [6.45, 7) is 9.00. The van der Waals surface area contributed by atoms with E-state index in [1.165, 1.54) is 12.8 Å². The van der Waals surface area contributed by atoms with Crippen LogP contribution in [0.2, 0.25) is 0 Å². The molecule has 0 amide bonds. The van der Waals surface area contributed by atoms with Crippen LogP contribution in [0.15, 0.2) is 12.2 Å². The van der Waals surface area contributed by atoms with Crippen LogP contribution in [0.3, 0.4) is 0 Å². The fraction of sp³-hybridized carbons (Fsp3) is 0.800. The van der Waals surface area contributed by atoms with Crippen molar-refractivity contribution in [2.24, 2.45) is 11.8 Å². The minimum absolute atomic E-state index is 0.809. The van der Waals surface area contributed by atoms with Crippen molar-refractivity contribution in [2.45, 2.75) is 40.5 Å². The third-order valence-corrected chi connectivity index (χ3v) is 1.38. The maximum Gasteiger partial charge on any atom is -0.0327 e. The van der Waals surface area contributed by atoms with Gasteiger partial charge in [-0.1, -0.05) is 39.8 Å². The summed E-state index contributed by atoms with van der Waals surface area (Å²) in [4.78, 5) is 0. The first-order valence-corrected chi connectivity index (χ1v) is 4.28. The minimum atomic E-state index is 0.809. The molecule has 0 aliphatic rings. The first-order chi connectivity index (χ1) is 4.63. The Kier molecular flexibility index (Phi) is 5.38. The smallest absolute Gasteiger partial charge is 0.0327 e. The van der Waals surface area contributed by atoms with Gasteiger partial charge in [-0.2, -0.15) is 0 Å². The van der Waals surface area contributed by atoms with Crippen molar-refractivity contribution in [3.63, 3.8) is 0 Å². The Morgan fingerprint density at radius 3 is 1.30 bits per heavy atom. The van der Waals surface area contributed by atoms with Crippen molar-refractivity contribution in [1.82, 2.24) is 0 Å². The predicted octanol–water partition coefficient (Wildman–Crippen LogP) is 3.63. The molecule has 0 aromatic rings. The Labute approximate surface area is 65.3 Å². The van der Waals surface area contributed by atoms with Crippen molar-refractivity contribution in [3.8, 4) is 0 Å². The van der Waals surface area contributed by atoms with E-state index in [4.69, 9.17) is 0 Å². The zero-order valence-corrected chi connectivity index (χ0v) is 7.72. The lowest BCUT2D eigenvalue weighted by molar-refractivity contribution is 0.644. The molecule has 0 bridgehead atoms. The first kappa shape index (κ1) is 9.74. The molecule has 0 aliphatic carbocycles. The third kappa shape index (κ3) is 7.74. The minimum Gasteiger partial charge on any atom is -0.0883 e. The van der Waals surface area contributed by atoms with Crippen molar-refractivity contribution in [2.75, 3.05) is 0 Å². The average molecular weight is 140 g/mol. The lowest BCUT2D eigenvalue weighted by atomic mass is 10.1. The molecule has 0 spiro atoms. The Balaban J connectivity index is 3.20. The number of hydrogen-bond donors (Lipinski definition) is 0. The van der Waals surface area contributed by atoms with Crippen molar-refractivity contribution in [3.05, 3.63) is 12.2 Å². The van der Waals surface area contributed by atoms with Gasteiger partial charge in [-0.05, 0) is 24.7 Å². The predicted molar refractivity (Wildman–Crippen MR) is 48.1 cm³/mol. The zero-order valence-electron chi connectivity index (χ0n) is 7.72. The van der Waals surface area contributed by atoms with Gasteiger partial charge < -0.3 is 0 Å². The molecule has 0 nitrogen and oxygen atoms in total. The van der Waals surface area contributed by atoms with E-state index in [9.17, 15) is 0 Å². The molecule has 0 heterocycles. The highest BCUT2D eigenvalue weighted by Gasteiger charge is 1.89. The average Bonchev–Trinajstić information content (AvgIpc) is 1.79. The molecule has 0 aliphatic heterocycles.